The zero-order chi connectivity index (χ0) is 10.3. The van der Waals surface area contributed by atoms with Crippen molar-refractivity contribution >= 4 is 11.6 Å². The van der Waals surface area contributed by atoms with Crippen molar-refractivity contribution in [3.63, 3.8) is 0 Å². The fourth-order valence-corrected chi connectivity index (χ4v) is 1.67. The first-order valence-electron chi connectivity index (χ1n) is 4.28. The van der Waals surface area contributed by atoms with Crippen LogP contribution in [0.1, 0.15) is 12.5 Å². The molecule has 1 aromatic rings. The van der Waals surface area contributed by atoms with Crippen molar-refractivity contribution in [1.29, 1.82) is 0 Å². The lowest BCUT2D eigenvalue weighted by Gasteiger charge is -2.16. The van der Waals surface area contributed by atoms with Gasteiger partial charge in [-0.25, -0.2) is 0 Å². The second-order valence-electron chi connectivity index (χ2n) is 3.41. The highest BCUT2D eigenvalue weighted by atomic mass is 16.5. The molecular weight excluding hydrogens is 182 g/mol. The van der Waals surface area contributed by atoms with Gasteiger partial charge in [-0.1, -0.05) is 6.07 Å². The molecule has 14 heavy (non-hydrogen) atoms. The number of hydrogen-bond acceptors (Lipinski definition) is 3. The van der Waals surface area contributed by atoms with Crippen LogP contribution in [0, 0.1) is 0 Å². The lowest BCUT2D eigenvalue weighted by atomic mass is 9.97. The van der Waals surface area contributed by atoms with Gasteiger partial charge in [0.25, 0.3) is 5.91 Å². The van der Waals surface area contributed by atoms with Crippen LogP contribution in [0.2, 0.25) is 0 Å². The second kappa shape index (κ2) is 2.72. The summed E-state index contributed by atoms with van der Waals surface area (Å²) >= 11 is 0. The number of carbonyl (C=O) groups excluding carboxylic acids is 1. The van der Waals surface area contributed by atoms with Crippen molar-refractivity contribution in [2.75, 3.05) is 12.4 Å². The maximum absolute atomic E-state index is 11.4. The number of amides is 1. The molecule has 2 N–H and O–H groups in total. The van der Waals surface area contributed by atoms with Gasteiger partial charge in [0.2, 0.25) is 0 Å². The Morgan fingerprint density at radius 2 is 2.21 bits per heavy atom. The normalized spacial score (nSPS) is 24.4. The number of aliphatic hydroxyl groups is 1. The second-order valence-corrected chi connectivity index (χ2v) is 3.41. The van der Waals surface area contributed by atoms with Crippen LogP contribution in [0.25, 0.3) is 0 Å². The standard InChI is InChI=1S/C10H11NO3/c1-10(13)8-6(11-9(10)12)4-3-5-7(8)14-2/h3-5,13H,1-2H3,(H,11,12)/t10-/m0/s1. The number of fused-ring (bicyclic) bond motifs is 1. The van der Waals surface area contributed by atoms with E-state index in [0.29, 0.717) is 17.0 Å². The Hall–Kier alpha value is -1.55. The molecule has 0 saturated heterocycles. The molecule has 1 heterocycles. The lowest BCUT2D eigenvalue weighted by molar-refractivity contribution is -0.131. The van der Waals surface area contributed by atoms with Crippen molar-refractivity contribution < 1.29 is 14.6 Å². The van der Waals surface area contributed by atoms with E-state index in [-0.39, 0.29) is 0 Å². The third-order valence-corrected chi connectivity index (χ3v) is 2.42. The number of nitrogens with one attached hydrogen (secondary N) is 1. The SMILES string of the molecule is COc1cccc2c1[C@](C)(O)C(=O)N2. The van der Waals surface area contributed by atoms with Crippen LogP contribution >= 0.6 is 0 Å². The number of hydrogen-bond donors (Lipinski definition) is 2. The van der Waals surface area contributed by atoms with Crippen molar-refractivity contribution in [3.8, 4) is 5.75 Å². The Morgan fingerprint density at radius 3 is 2.86 bits per heavy atom. The molecule has 1 aliphatic rings. The van der Waals surface area contributed by atoms with Gasteiger partial charge in [0.15, 0.2) is 5.60 Å². The van der Waals surface area contributed by atoms with Crippen molar-refractivity contribution in [3.05, 3.63) is 23.8 Å². The molecule has 0 unspecified atom stereocenters. The van der Waals surface area contributed by atoms with Gasteiger partial charge >= 0.3 is 0 Å². The van der Waals surface area contributed by atoms with Crippen molar-refractivity contribution in [2.45, 2.75) is 12.5 Å². The highest BCUT2D eigenvalue weighted by Crippen LogP contribution is 2.41. The maximum Gasteiger partial charge on any atom is 0.260 e. The van der Waals surface area contributed by atoms with Crippen molar-refractivity contribution in [1.82, 2.24) is 0 Å². The number of benzene rings is 1. The number of methoxy groups -OCH3 is 1. The van der Waals surface area contributed by atoms with E-state index in [2.05, 4.69) is 5.32 Å². The predicted octanol–water partition coefficient (Wildman–Crippen LogP) is 0.855. The van der Waals surface area contributed by atoms with E-state index >= 15 is 0 Å². The minimum Gasteiger partial charge on any atom is -0.496 e. The molecule has 0 aliphatic carbocycles. The van der Waals surface area contributed by atoms with Crippen LogP contribution in [-0.2, 0) is 10.4 Å². The topological polar surface area (TPSA) is 58.6 Å². The number of anilines is 1. The van der Waals surface area contributed by atoms with Crippen LogP contribution in [0.4, 0.5) is 5.69 Å². The van der Waals surface area contributed by atoms with Gasteiger partial charge in [-0.15, -0.1) is 0 Å². The summed E-state index contributed by atoms with van der Waals surface area (Å²) < 4.78 is 5.09. The number of carbonyl (C=O) groups is 1. The lowest BCUT2D eigenvalue weighted by Crippen LogP contribution is -2.30. The summed E-state index contributed by atoms with van der Waals surface area (Å²) in [4.78, 5) is 11.4. The molecule has 4 heteroatoms. The van der Waals surface area contributed by atoms with Gasteiger partial charge in [0.1, 0.15) is 5.75 Å². The Labute approximate surface area is 81.5 Å². The smallest absolute Gasteiger partial charge is 0.260 e. The quantitative estimate of drug-likeness (QED) is 0.695. The zero-order valence-corrected chi connectivity index (χ0v) is 8.00. The van der Waals surface area contributed by atoms with Crippen LogP contribution in [-0.4, -0.2) is 18.1 Å². The summed E-state index contributed by atoms with van der Waals surface area (Å²) in [7, 11) is 1.51. The minimum atomic E-state index is -1.50. The van der Waals surface area contributed by atoms with E-state index in [0.717, 1.165) is 0 Å². The van der Waals surface area contributed by atoms with E-state index < -0.39 is 11.5 Å². The van der Waals surface area contributed by atoms with E-state index in [9.17, 15) is 9.90 Å². The van der Waals surface area contributed by atoms with Gasteiger partial charge in [0, 0.05) is 0 Å². The van der Waals surface area contributed by atoms with E-state index in [1.165, 1.54) is 14.0 Å². The van der Waals surface area contributed by atoms with E-state index in [4.69, 9.17) is 4.74 Å². The summed E-state index contributed by atoms with van der Waals surface area (Å²) in [5.74, 6) is 0.0999. The molecule has 1 atom stereocenters. The van der Waals surface area contributed by atoms with Gasteiger partial charge in [-0.2, -0.15) is 0 Å². The summed E-state index contributed by atoms with van der Waals surface area (Å²) in [6.45, 7) is 1.46. The van der Waals surface area contributed by atoms with Crippen LogP contribution in [0.5, 0.6) is 5.75 Å². The monoisotopic (exact) mass is 193 g/mol. The van der Waals surface area contributed by atoms with E-state index in [1.807, 2.05) is 0 Å². The summed E-state index contributed by atoms with van der Waals surface area (Å²) in [6, 6.07) is 5.21. The largest absolute Gasteiger partial charge is 0.496 e. The summed E-state index contributed by atoms with van der Waals surface area (Å²) in [6.07, 6.45) is 0. The minimum absolute atomic E-state index is 0.419. The van der Waals surface area contributed by atoms with Gasteiger partial charge in [0.05, 0.1) is 18.4 Å². The predicted molar refractivity (Wildman–Crippen MR) is 51.2 cm³/mol. The number of rotatable bonds is 1. The first kappa shape index (κ1) is 9.02. The average molecular weight is 193 g/mol. The average Bonchev–Trinajstić information content (AvgIpc) is 2.38. The number of ether oxygens (including phenoxy) is 1. The summed E-state index contributed by atoms with van der Waals surface area (Å²) in [5, 5.41) is 12.5. The van der Waals surface area contributed by atoms with Gasteiger partial charge in [-0.05, 0) is 19.1 Å². The molecule has 0 radical (unpaired) electrons. The fourth-order valence-electron chi connectivity index (χ4n) is 1.67. The molecule has 4 nitrogen and oxygen atoms in total. The first-order chi connectivity index (χ1) is 6.57. The third-order valence-electron chi connectivity index (χ3n) is 2.42. The van der Waals surface area contributed by atoms with Crippen LogP contribution in [0.3, 0.4) is 0 Å². The molecule has 0 fully saturated rings. The Bertz CT molecular complexity index is 398. The van der Waals surface area contributed by atoms with Gasteiger partial charge < -0.3 is 15.2 Å². The molecule has 2 rings (SSSR count). The third kappa shape index (κ3) is 1.01. The Balaban J connectivity index is 2.66. The van der Waals surface area contributed by atoms with Crippen LogP contribution in [0.15, 0.2) is 18.2 Å². The fraction of sp³-hybridized carbons (Fsp3) is 0.300. The Morgan fingerprint density at radius 1 is 1.50 bits per heavy atom. The summed E-state index contributed by atoms with van der Waals surface area (Å²) in [5.41, 5.74) is -0.381. The molecule has 0 bridgehead atoms. The first-order valence-corrected chi connectivity index (χ1v) is 4.28. The van der Waals surface area contributed by atoms with Crippen LogP contribution < -0.4 is 10.1 Å². The van der Waals surface area contributed by atoms with E-state index in [1.54, 1.807) is 18.2 Å². The molecule has 0 spiro atoms. The highest BCUT2D eigenvalue weighted by Gasteiger charge is 2.43. The molecule has 74 valence electrons. The van der Waals surface area contributed by atoms with Gasteiger partial charge in [-0.3, -0.25) is 4.79 Å². The molecule has 1 aliphatic heterocycles. The molecule has 1 aromatic carbocycles. The highest BCUT2D eigenvalue weighted by molar-refractivity contribution is 6.05. The molecule has 0 aromatic heterocycles. The van der Waals surface area contributed by atoms with Crippen molar-refractivity contribution in [2.24, 2.45) is 0 Å². The molecule has 0 saturated carbocycles. The maximum atomic E-state index is 11.4. The molecular formula is C10H11NO3. The zero-order valence-electron chi connectivity index (χ0n) is 8.00. The molecule has 1 amide bonds. The Kier molecular flexibility index (Phi) is 1.75.